The lowest BCUT2D eigenvalue weighted by Gasteiger charge is -2.09. The van der Waals surface area contributed by atoms with Crippen LogP contribution in [0, 0.1) is 5.92 Å². The van der Waals surface area contributed by atoms with Gasteiger partial charge in [-0.3, -0.25) is 9.00 Å². The molecule has 1 saturated carbocycles. The van der Waals surface area contributed by atoms with Gasteiger partial charge in [-0.25, -0.2) is 0 Å². The summed E-state index contributed by atoms with van der Waals surface area (Å²) in [6, 6.07) is 0. The van der Waals surface area contributed by atoms with E-state index >= 15 is 0 Å². The first kappa shape index (κ1) is 8.71. The second kappa shape index (κ2) is 3.34. The first-order chi connectivity index (χ1) is 5.16. The maximum Gasteiger partial charge on any atom is 0.321 e. The Balaban J connectivity index is 2.58. The Morgan fingerprint density at radius 2 is 2.18 bits per heavy atom. The van der Waals surface area contributed by atoms with E-state index in [-0.39, 0.29) is 11.2 Å². The number of esters is 1. The minimum atomic E-state index is -1.08. The molecule has 1 aliphatic rings. The molecule has 2 atom stereocenters. The second-order valence-corrected chi connectivity index (χ2v) is 4.28. The van der Waals surface area contributed by atoms with Crippen molar-refractivity contribution in [2.24, 2.45) is 5.92 Å². The third-order valence-corrected chi connectivity index (χ3v) is 3.13. The van der Waals surface area contributed by atoms with E-state index in [1.165, 1.54) is 7.11 Å². The van der Waals surface area contributed by atoms with Gasteiger partial charge in [0.25, 0.3) is 0 Å². The summed E-state index contributed by atoms with van der Waals surface area (Å²) >= 11 is 0. The molecule has 64 valence electrons. The molecule has 0 aromatic carbocycles. The maximum absolute atomic E-state index is 11.0. The summed E-state index contributed by atoms with van der Waals surface area (Å²) in [4.78, 5) is 11.0. The molecule has 0 aromatic rings. The number of rotatable bonds is 3. The van der Waals surface area contributed by atoms with Gasteiger partial charge in [0.05, 0.1) is 7.11 Å². The zero-order valence-corrected chi connectivity index (χ0v) is 7.52. The summed E-state index contributed by atoms with van der Waals surface area (Å²) in [5.41, 5.74) is 0. The van der Waals surface area contributed by atoms with Crippen molar-refractivity contribution in [3.05, 3.63) is 0 Å². The number of hydrogen-bond donors (Lipinski definition) is 0. The minimum absolute atomic E-state index is 0.313. The predicted octanol–water partition coefficient (Wildman–Crippen LogP) is 0.317. The van der Waals surface area contributed by atoms with Crippen LogP contribution in [0.2, 0.25) is 0 Å². The van der Waals surface area contributed by atoms with Crippen molar-refractivity contribution < 1.29 is 13.7 Å². The fourth-order valence-electron chi connectivity index (χ4n) is 1.11. The van der Waals surface area contributed by atoms with E-state index in [0.29, 0.717) is 5.92 Å². The summed E-state index contributed by atoms with van der Waals surface area (Å²) in [5.74, 6) is -0.0124. The van der Waals surface area contributed by atoms with E-state index in [1.807, 2.05) is 0 Å². The summed E-state index contributed by atoms with van der Waals surface area (Å²) in [6.45, 7) is 0. The number of ether oxygens (including phenoxy) is 1. The Morgan fingerprint density at radius 3 is 2.45 bits per heavy atom. The van der Waals surface area contributed by atoms with E-state index < -0.39 is 10.8 Å². The molecule has 0 saturated heterocycles. The number of methoxy groups -OCH3 is 1. The van der Waals surface area contributed by atoms with Crippen LogP contribution >= 0.6 is 0 Å². The highest BCUT2D eigenvalue weighted by atomic mass is 32.2. The van der Waals surface area contributed by atoms with Crippen molar-refractivity contribution in [3.63, 3.8) is 0 Å². The van der Waals surface area contributed by atoms with Crippen LogP contribution in [0.3, 0.4) is 0 Å². The van der Waals surface area contributed by atoms with Gasteiger partial charge in [-0.15, -0.1) is 0 Å². The summed E-state index contributed by atoms with van der Waals surface area (Å²) < 4.78 is 15.6. The van der Waals surface area contributed by atoms with Gasteiger partial charge in [-0.05, 0) is 18.8 Å². The molecule has 0 bridgehead atoms. The van der Waals surface area contributed by atoms with Crippen molar-refractivity contribution in [3.8, 4) is 0 Å². The van der Waals surface area contributed by atoms with E-state index in [1.54, 1.807) is 6.26 Å². The zero-order chi connectivity index (χ0) is 8.43. The largest absolute Gasteiger partial charge is 0.468 e. The highest BCUT2D eigenvalue weighted by Gasteiger charge is 2.39. The van der Waals surface area contributed by atoms with Crippen LogP contribution in [0.25, 0.3) is 0 Å². The average Bonchev–Trinajstić information content (AvgIpc) is 2.71. The molecule has 11 heavy (non-hydrogen) atoms. The van der Waals surface area contributed by atoms with Gasteiger partial charge in [0.2, 0.25) is 0 Å². The van der Waals surface area contributed by atoms with Crippen molar-refractivity contribution in [2.75, 3.05) is 13.4 Å². The van der Waals surface area contributed by atoms with Crippen LogP contribution in [0.15, 0.2) is 0 Å². The van der Waals surface area contributed by atoms with Crippen LogP contribution in [-0.4, -0.2) is 28.8 Å². The first-order valence-electron chi connectivity index (χ1n) is 3.57. The van der Waals surface area contributed by atoms with Crippen molar-refractivity contribution in [1.82, 2.24) is 0 Å². The minimum Gasteiger partial charge on any atom is -0.468 e. The molecule has 0 spiro atoms. The Bertz CT molecular complexity index is 186. The van der Waals surface area contributed by atoms with Gasteiger partial charge in [-0.1, -0.05) is 0 Å². The molecule has 0 heterocycles. The van der Waals surface area contributed by atoms with E-state index in [0.717, 1.165) is 12.8 Å². The normalized spacial score (nSPS) is 22.4. The fraction of sp³-hybridized carbons (Fsp3) is 0.857. The van der Waals surface area contributed by atoms with Gasteiger partial charge in [0.15, 0.2) is 0 Å². The Hall–Kier alpha value is -0.380. The molecular formula is C7H12O3S. The van der Waals surface area contributed by atoms with Crippen LogP contribution < -0.4 is 0 Å². The fourth-order valence-corrected chi connectivity index (χ4v) is 2.30. The lowest BCUT2D eigenvalue weighted by Crippen LogP contribution is -2.28. The smallest absolute Gasteiger partial charge is 0.321 e. The molecule has 0 aromatic heterocycles. The highest BCUT2D eigenvalue weighted by Crippen LogP contribution is 2.35. The Kier molecular flexibility index (Phi) is 2.65. The van der Waals surface area contributed by atoms with E-state index in [9.17, 15) is 9.00 Å². The van der Waals surface area contributed by atoms with Crippen LogP contribution in [-0.2, 0) is 20.3 Å². The Morgan fingerprint density at radius 1 is 1.64 bits per heavy atom. The van der Waals surface area contributed by atoms with Gasteiger partial charge >= 0.3 is 5.97 Å². The molecule has 4 heteroatoms. The molecular weight excluding hydrogens is 164 g/mol. The lowest BCUT2D eigenvalue weighted by atomic mass is 10.3. The average molecular weight is 176 g/mol. The van der Waals surface area contributed by atoms with E-state index in [2.05, 4.69) is 4.74 Å². The second-order valence-electron chi connectivity index (χ2n) is 2.78. The third-order valence-electron chi connectivity index (χ3n) is 1.84. The SMILES string of the molecule is COC(=O)C(C1CC1)S(C)=O. The first-order valence-corrected chi connectivity index (χ1v) is 5.19. The van der Waals surface area contributed by atoms with Crippen molar-refractivity contribution in [2.45, 2.75) is 18.1 Å². The number of hydrogen-bond acceptors (Lipinski definition) is 3. The standard InChI is InChI=1S/C7H12O3S/c1-10-7(8)6(11(2)9)5-3-4-5/h5-6H,3-4H2,1-2H3. The summed E-state index contributed by atoms with van der Waals surface area (Å²) in [5, 5.41) is -0.375. The molecule has 1 rings (SSSR count). The monoisotopic (exact) mass is 176 g/mol. The van der Waals surface area contributed by atoms with Crippen LogP contribution in [0.1, 0.15) is 12.8 Å². The molecule has 1 aliphatic carbocycles. The maximum atomic E-state index is 11.0. The molecule has 0 amide bonds. The number of carbonyl (C=O) groups excluding carboxylic acids is 1. The summed E-state index contributed by atoms with van der Waals surface area (Å²) in [7, 11) is 0.262. The highest BCUT2D eigenvalue weighted by molar-refractivity contribution is 7.85. The molecule has 0 aliphatic heterocycles. The Labute approximate surface area is 68.6 Å². The number of carbonyl (C=O) groups is 1. The lowest BCUT2D eigenvalue weighted by molar-refractivity contribution is -0.140. The molecule has 3 nitrogen and oxygen atoms in total. The van der Waals surface area contributed by atoms with Crippen LogP contribution in [0.4, 0.5) is 0 Å². The van der Waals surface area contributed by atoms with Gasteiger partial charge in [-0.2, -0.15) is 0 Å². The van der Waals surface area contributed by atoms with E-state index in [4.69, 9.17) is 0 Å². The predicted molar refractivity (Wildman–Crippen MR) is 42.6 cm³/mol. The van der Waals surface area contributed by atoms with Gasteiger partial charge < -0.3 is 4.74 Å². The van der Waals surface area contributed by atoms with Crippen molar-refractivity contribution >= 4 is 16.8 Å². The van der Waals surface area contributed by atoms with Gasteiger partial charge in [0.1, 0.15) is 5.25 Å². The van der Waals surface area contributed by atoms with Crippen molar-refractivity contribution in [1.29, 1.82) is 0 Å². The summed E-state index contributed by atoms with van der Waals surface area (Å²) in [6.07, 6.45) is 3.58. The molecule has 0 radical (unpaired) electrons. The zero-order valence-electron chi connectivity index (χ0n) is 6.70. The molecule has 0 N–H and O–H groups in total. The van der Waals surface area contributed by atoms with Crippen LogP contribution in [0.5, 0.6) is 0 Å². The third kappa shape index (κ3) is 2.02. The van der Waals surface area contributed by atoms with Gasteiger partial charge in [0, 0.05) is 17.1 Å². The topological polar surface area (TPSA) is 43.4 Å². The quantitative estimate of drug-likeness (QED) is 0.581. The molecule has 2 unspecified atom stereocenters. The molecule has 1 fully saturated rings.